The normalized spacial score (nSPS) is 11.5. The molecule has 0 bridgehead atoms. The quantitative estimate of drug-likeness (QED) is 0.860. The van der Waals surface area contributed by atoms with Crippen LogP contribution in [0.1, 0.15) is 28.9 Å². The van der Waals surface area contributed by atoms with Crippen LogP contribution in [0.4, 0.5) is 0 Å². The van der Waals surface area contributed by atoms with Crippen LogP contribution in [0.2, 0.25) is 5.02 Å². The largest absolute Gasteiger partial charge is 0.497 e. The van der Waals surface area contributed by atoms with E-state index < -0.39 is 0 Å². The molecule has 0 radical (unpaired) electrons. The van der Waals surface area contributed by atoms with Crippen molar-refractivity contribution in [2.24, 2.45) is 0 Å². The van der Waals surface area contributed by atoms with Crippen LogP contribution in [0.3, 0.4) is 0 Å². The fraction of sp³-hybridized carbons (Fsp3) is 0.278. The number of benzene rings is 2. The minimum Gasteiger partial charge on any atom is -0.497 e. The Kier molecular flexibility index (Phi) is 5.93. The van der Waals surface area contributed by atoms with Crippen molar-refractivity contribution in [1.29, 1.82) is 0 Å². The summed E-state index contributed by atoms with van der Waals surface area (Å²) in [6.45, 7) is 1.88. The number of rotatable bonds is 6. The van der Waals surface area contributed by atoms with Crippen molar-refractivity contribution in [2.75, 3.05) is 21.3 Å². The first-order valence-corrected chi connectivity index (χ1v) is 7.74. The zero-order valence-corrected chi connectivity index (χ0v) is 14.8. The van der Waals surface area contributed by atoms with E-state index in [-0.39, 0.29) is 11.9 Å². The molecule has 0 aliphatic heterocycles. The summed E-state index contributed by atoms with van der Waals surface area (Å²) < 4.78 is 15.7. The molecule has 0 heterocycles. The van der Waals surface area contributed by atoms with Crippen LogP contribution in [0.25, 0.3) is 0 Å². The summed E-state index contributed by atoms with van der Waals surface area (Å²) >= 11 is 6.07. The van der Waals surface area contributed by atoms with Gasteiger partial charge in [-0.25, -0.2) is 0 Å². The number of ether oxygens (including phenoxy) is 3. The summed E-state index contributed by atoms with van der Waals surface area (Å²) in [5.74, 6) is 1.66. The van der Waals surface area contributed by atoms with E-state index in [2.05, 4.69) is 5.32 Å². The van der Waals surface area contributed by atoms with Crippen molar-refractivity contribution >= 4 is 17.5 Å². The number of hydrogen-bond donors (Lipinski definition) is 1. The first-order valence-electron chi connectivity index (χ1n) is 7.36. The number of hydrogen-bond acceptors (Lipinski definition) is 4. The van der Waals surface area contributed by atoms with Gasteiger partial charge < -0.3 is 19.5 Å². The first-order chi connectivity index (χ1) is 11.5. The van der Waals surface area contributed by atoms with Crippen LogP contribution in [0.15, 0.2) is 36.4 Å². The lowest BCUT2D eigenvalue weighted by Crippen LogP contribution is -2.27. The molecule has 0 saturated heterocycles. The third kappa shape index (κ3) is 3.92. The van der Waals surface area contributed by atoms with Crippen molar-refractivity contribution in [3.8, 4) is 17.2 Å². The number of carbonyl (C=O) groups is 1. The number of halogens is 1. The summed E-state index contributed by atoms with van der Waals surface area (Å²) in [7, 11) is 4.70. The second-order valence-electron chi connectivity index (χ2n) is 5.15. The standard InChI is InChI=1S/C18H20ClNO4/c1-11(14-10-13(22-2)6-8-16(14)23-3)20-18(21)12-5-7-17(24-4)15(19)9-12/h5-11H,1-4H3,(H,20,21). The van der Waals surface area contributed by atoms with Gasteiger partial charge in [0.05, 0.1) is 32.4 Å². The van der Waals surface area contributed by atoms with Gasteiger partial charge >= 0.3 is 0 Å². The zero-order chi connectivity index (χ0) is 17.7. The van der Waals surface area contributed by atoms with Gasteiger partial charge in [-0.3, -0.25) is 4.79 Å². The Morgan fingerprint density at radius 3 is 2.25 bits per heavy atom. The van der Waals surface area contributed by atoms with E-state index in [0.29, 0.717) is 27.8 Å². The van der Waals surface area contributed by atoms with E-state index in [1.54, 1.807) is 44.6 Å². The van der Waals surface area contributed by atoms with Crippen LogP contribution in [-0.4, -0.2) is 27.2 Å². The maximum Gasteiger partial charge on any atom is 0.251 e. The molecule has 0 fully saturated rings. The number of amides is 1. The third-order valence-corrected chi connectivity index (χ3v) is 3.96. The summed E-state index contributed by atoms with van der Waals surface area (Å²) in [5, 5.41) is 3.32. The fourth-order valence-corrected chi connectivity index (χ4v) is 2.60. The maximum absolute atomic E-state index is 12.5. The highest BCUT2D eigenvalue weighted by molar-refractivity contribution is 6.32. The average Bonchev–Trinajstić information content (AvgIpc) is 2.60. The highest BCUT2D eigenvalue weighted by Crippen LogP contribution is 2.30. The molecule has 2 rings (SSSR count). The Labute approximate surface area is 146 Å². The van der Waals surface area contributed by atoms with Gasteiger partial charge in [0.15, 0.2) is 0 Å². The molecule has 0 aromatic heterocycles. The van der Waals surface area contributed by atoms with Crippen LogP contribution >= 0.6 is 11.6 Å². The molecular formula is C18H20ClNO4. The lowest BCUT2D eigenvalue weighted by molar-refractivity contribution is 0.0939. The number of methoxy groups -OCH3 is 3. The summed E-state index contributed by atoms with van der Waals surface area (Å²) in [4.78, 5) is 12.5. The Morgan fingerprint density at radius 2 is 1.67 bits per heavy atom. The minimum atomic E-state index is -0.275. The van der Waals surface area contributed by atoms with Crippen LogP contribution in [0.5, 0.6) is 17.2 Å². The molecule has 0 aliphatic rings. The summed E-state index contributed by atoms with van der Waals surface area (Å²) in [6.07, 6.45) is 0. The molecule has 1 amide bonds. The van der Waals surface area contributed by atoms with Gasteiger partial charge in [-0.05, 0) is 43.3 Å². The first kappa shape index (κ1) is 17.9. The molecule has 6 heteroatoms. The Balaban J connectivity index is 2.21. The third-order valence-electron chi connectivity index (χ3n) is 3.66. The highest BCUT2D eigenvalue weighted by atomic mass is 35.5. The Hall–Kier alpha value is -2.40. The Bertz CT molecular complexity index is 733. The number of nitrogens with one attached hydrogen (secondary N) is 1. The second-order valence-corrected chi connectivity index (χ2v) is 5.56. The number of carbonyl (C=O) groups excluding carboxylic acids is 1. The van der Waals surface area contributed by atoms with Crippen molar-refractivity contribution in [3.63, 3.8) is 0 Å². The molecule has 24 heavy (non-hydrogen) atoms. The molecule has 1 N–H and O–H groups in total. The van der Waals surface area contributed by atoms with Crippen LogP contribution in [0, 0.1) is 0 Å². The highest BCUT2D eigenvalue weighted by Gasteiger charge is 2.17. The van der Waals surface area contributed by atoms with Gasteiger partial charge in [-0.15, -0.1) is 0 Å². The molecule has 0 saturated carbocycles. The van der Waals surface area contributed by atoms with Gasteiger partial charge in [-0.1, -0.05) is 11.6 Å². The summed E-state index contributed by atoms with van der Waals surface area (Å²) in [6, 6.07) is 10.1. The average molecular weight is 350 g/mol. The fourth-order valence-electron chi connectivity index (χ4n) is 2.34. The topological polar surface area (TPSA) is 56.8 Å². The molecule has 2 aromatic carbocycles. The van der Waals surface area contributed by atoms with Gasteiger partial charge in [-0.2, -0.15) is 0 Å². The maximum atomic E-state index is 12.5. The monoisotopic (exact) mass is 349 g/mol. The van der Waals surface area contributed by atoms with Gasteiger partial charge in [0.2, 0.25) is 0 Å². The molecule has 2 aromatic rings. The van der Waals surface area contributed by atoms with Crippen LogP contribution < -0.4 is 19.5 Å². The molecule has 0 aliphatic carbocycles. The van der Waals surface area contributed by atoms with E-state index in [1.165, 1.54) is 7.11 Å². The minimum absolute atomic E-state index is 0.239. The van der Waals surface area contributed by atoms with Crippen LogP contribution in [-0.2, 0) is 0 Å². The SMILES string of the molecule is COc1ccc(OC)c(C(C)NC(=O)c2ccc(OC)c(Cl)c2)c1. The summed E-state index contributed by atoms with van der Waals surface area (Å²) in [5.41, 5.74) is 1.28. The van der Waals surface area contributed by atoms with E-state index >= 15 is 0 Å². The van der Waals surface area contributed by atoms with Crippen molar-refractivity contribution in [2.45, 2.75) is 13.0 Å². The van der Waals surface area contributed by atoms with Gasteiger partial charge in [0.1, 0.15) is 17.2 Å². The molecular weight excluding hydrogens is 330 g/mol. The van der Waals surface area contributed by atoms with Crippen molar-refractivity contribution < 1.29 is 19.0 Å². The molecule has 5 nitrogen and oxygen atoms in total. The molecule has 128 valence electrons. The smallest absolute Gasteiger partial charge is 0.251 e. The van der Waals surface area contributed by atoms with Crippen molar-refractivity contribution in [3.05, 3.63) is 52.5 Å². The second kappa shape index (κ2) is 7.93. The molecule has 1 atom stereocenters. The molecule has 0 spiro atoms. The predicted octanol–water partition coefficient (Wildman–Crippen LogP) is 3.86. The van der Waals surface area contributed by atoms with E-state index in [4.69, 9.17) is 25.8 Å². The lowest BCUT2D eigenvalue weighted by atomic mass is 10.1. The van der Waals surface area contributed by atoms with Gasteiger partial charge in [0.25, 0.3) is 5.91 Å². The van der Waals surface area contributed by atoms with Gasteiger partial charge in [0, 0.05) is 11.1 Å². The van der Waals surface area contributed by atoms with Crippen molar-refractivity contribution in [1.82, 2.24) is 5.32 Å². The predicted molar refractivity (Wildman–Crippen MR) is 93.4 cm³/mol. The van der Waals surface area contributed by atoms with E-state index in [9.17, 15) is 4.79 Å². The van der Waals surface area contributed by atoms with E-state index in [1.807, 2.05) is 13.0 Å². The van der Waals surface area contributed by atoms with E-state index in [0.717, 1.165) is 5.56 Å². The Morgan fingerprint density at radius 1 is 1.00 bits per heavy atom. The zero-order valence-electron chi connectivity index (χ0n) is 14.1. The molecule has 1 unspecified atom stereocenters. The lowest BCUT2D eigenvalue weighted by Gasteiger charge is -2.18.